The van der Waals surface area contributed by atoms with E-state index in [0.717, 1.165) is 37.7 Å². The number of halogens is 1. The highest BCUT2D eigenvalue weighted by Gasteiger charge is 2.20. The van der Waals surface area contributed by atoms with Crippen LogP contribution in [-0.2, 0) is 16.6 Å². The van der Waals surface area contributed by atoms with Crippen LogP contribution in [0.3, 0.4) is 0 Å². The van der Waals surface area contributed by atoms with Gasteiger partial charge in [0, 0.05) is 39.8 Å². The minimum Gasteiger partial charge on any atom is -0.360 e. The number of benzene rings is 1. The van der Waals surface area contributed by atoms with Crippen LogP contribution in [0.4, 0.5) is 5.00 Å². The van der Waals surface area contributed by atoms with E-state index in [2.05, 4.69) is 42.3 Å². The van der Waals surface area contributed by atoms with Crippen molar-refractivity contribution < 1.29 is 8.42 Å². The standard InChI is InChI=1S/C18H25N5O2S2.HI/c1-19-18(23-11-9-22(10-12-23)17-4-3-13-26-17)21-14-15-5-7-16(8-6-15)27(24,25)20-2;/h3-8,13,20H,9-12,14H2,1-2H3,(H,19,21);1H. The highest BCUT2D eigenvalue weighted by Crippen LogP contribution is 2.22. The predicted octanol–water partition coefficient (Wildman–Crippen LogP) is 2.17. The molecule has 7 nitrogen and oxygen atoms in total. The van der Waals surface area contributed by atoms with E-state index in [-0.39, 0.29) is 28.9 Å². The van der Waals surface area contributed by atoms with Crippen molar-refractivity contribution in [3.05, 3.63) is 47.3 Å². The van der Waals surface area contributed by atoms with Gasteiger partial charge in [-0.3, -0.25) is 4.99 Å². The summed E-state index contributed by atoms with van der Waals surface area (Å²) in [6.07, 6.45) is 0. The largest absolute Gasteiger partial charge is 0.360 e. The van der Waals surface area contributed by atoms with E-state index in [1.165, 1.54) is 12.0 Å². The Labute approximate surface area is 187 Å². The Morgan fingerprint density at radius 2 is 1.82 bits per heavy atom. The van der Waals surface area contributed by atoms with Gasteiger partial charge in [-0.25, -0.2) is 13.1 Å². The van der Waals surface area contributed by atoms with Gasteiger partial charge in [-0.05, 0) is 42.3 Å². The van der Waals surface area contributed by atoms with E-state index in [1.807, 2.05) is 12.1 Å². The first-order valence-corrected chi connectivity index (χ1v) is 11.2. The highest BCUT2D eigenvalue weighted by atomic mass is 127. The second-order valence-electron chi connectivity index (χ2n) is 6.18. The molecule has 0 aliphatic carbocycles. The molecule has 2 aromatic rings. The Balaban J connectivity index is 0.00000280. The zero-order valence-corrected chi connectivity index (χ0v) is 19.9. The summed E-state index contributed by atoms with van der Waals surface area (Å²) in [6.45, 7) is 4.36. The lowest BCUT2D eigenvalue weighted by atomic mass is 10.2. The van der Waals surface area contributed by atoms with Gasteiger partial charge >= 0.3 is 0 Å². The van der Waals surface area contributed by atoms with Gasteiger partial charge in [-0.15, -0.1) is 35.3 Å². The van der Waals surface area contributed by atoms with Crippen molar-refractivity contribution in [3.63, 3.8) is 0 Å². The van der Waals surface area contributed by atoms with Crippen LogP contribution in [0.2, 0.25) is 0 Å². The van der Waals surface area contributed by atoms with Crippen LogP contribution in [0, 0.1) is 0 Å². The summed E-state index contributed by atoms with van der Waals surface area (Å²) < 4.78 is 25.9. The van der Waals surface area contributed by atoms with Crippen molar-refractivity contribution >= 4 is 56.3 Å². The zero-order valence-electron chi connectivity index (χ0n) is 16.0. The second kappa shape index (κ2) is 10.4. The number of rotatable bonds is 5. The Kier molecular flexibility index (Phi) is 8.53. The highest BCUT2D eigenvalue weighted by molar-refractivity contribution is 14.0. The zero-order chi connectivity index (χ0) is 19.3. The molecule has 1 aliphatic heterocycles. The lowest BCUT2D eigenvalue weighted by Gasteiger charge is -2.37. The first-order chi connectivity index (χ1) is 13.0. The number of aliphatic imine (C=N–C) groups is 1. The number of nitrogens with one attached hydrogen (secondary N) is 2. The summed E-state index contributed by atoms with van der Waals surface area (Å²) in [5, 5.41) is 6.79. The van der Waals surface area contributed by atoms with Gasteiger partial charge in [0.2, 0.25) is 10.0 Å². The van der Waals surface area contributed by atoms with Gasteiger partial charge in [0.25, 0.3) is 0 Å². The second-order valence-corrected chi connectivity index (χ2v) is 8.99. The molecule has 10 heteroatoms. The molecule has 0 unspecified atom stereocenters. The van der Waals surface area contributed by atoms with E-state index in [1.54, 1.807) is 30.5 Å². The van der Waals surface area contributed by atoms with Crippen molar-refractivity contribution in [2.75, 3.05) is 45.2 Å². The van der Waals surface area contributed by atoms with Gasteiger partial charge in [-0.1, -0.05) is 12.1 Å². The Hall–Kier alpha value is -1.37. The Morgan fingerprint density at radius 3 is 2.36 bits per heavy atom. The van der Waals surface area contributed by atoms with Crippen molar-refractivity contribution in [2.24, 2.45) is 4.99 Å². The van der Waals surface area contributed by atoms with Gasteiger partial charge in [-0.2, -0.15) is 0 Å². The van der Waals surface area contributed by atoms with Crippen LogP contribution in [0.15, 0.2) is 51.7 Å². The quantitative estimate of drug-likeness (QED) is 0.349. The van der Waals surface area contributed by atoms with Crippen LogP contribution in [0.5, 0.6) is 0 Å². The summed E-state index contributed by atoms with van der Waals surface area (Å²) >= 11 is 1.77. The lowest BCUT2D eigenvalue weighted by Crippen LogP contribution is -2.52. The molecule has 154 valence electrons. The summed E-state index contributed by atoms with van der Waals surface area (Å²) in [5.41, 5.74) is 1.00. The molecule has 0 amide bonds. The maximum Gasteiger partial charge on any atom is 0.240 e. The average Bonchev–Trinajstić information content (AvgIpc) is 3.24. The van der Waals surface area contributed by atoms with E-state index < -0.39 is 10.0 Å². The third-order valence-electron chi connectivity index (χ3n) is 4.56. The van der Waals surface area contributed by atoms with Crippen molar-refractivity contribution in [2.45, 2.75) is 11.4 Å². The summed E-state index contributed by atoms with van der Waals surface area (Å²) in [4.78, 5) is 9.31. The lowest BCUT2D eigenvalue weighted by molar-refractivity contribution is 0.373. The van der Waals surface area contributed by atoms with Gasteiger partial charge < -0.3 is 15.1 Å². The van der Waals surface area contributed by atoms with Crippen LogP contribution in [-0.4, -0.2) is 59.6 Å². The smallest absolute Gasteiger partial charge is 0.240 e. The van der Waals surface area contributed by atoms with Gasteiger partial charge in [0.05, 0.1) is 9.90 Å². The van der Waals surface area contributed by atoms with Crippen LogP contribution < -0.4 is 14.9 Å². The fraction of sp³-hybridized carbons (Fsp3) is 0.389. The van der Waals surface area contributed by atoms with Gasteiger partial charge in [0.1, 0.15) is 0 Å². The topological polar surface area (TPSA) is 77.0 Å². The van der Waals surface area contributed by atoms with Crippen molar-refractivity contribution in [1.29, 1.82) is 0 Å². The molecule has 1 aromatic carbocycles. The van der Waals surface area contributed by atoms with Crippen LogP contribution in [0.25, 0.3) is 0 Å². The van der Waals surface area contributed by atoms with Crippen LogP contribution >= 0.6 is 35.3 Å². The predicted molar refractivity (Wildman–Crippen MR) is 126 cm³/mol. The molecule has 1 saturated heterocycles. The van der Waals surface area contributed by atoms with Gasteiger partial charge in [0.15, 0.2) is 5.96 Å². The van der Waals surface area contributed by atoms with Crippen molar-refractivity contribution in [3.8, 4) is 0 Å². The number of guanidine groups is 1. The molecule has 0 saturated carbocycles. The third-order valence-corrected chi connectivity index (χ3v) is 6.92. The molecule has 1 aromatic heterocycles. The number of piperazine rings is 1. The molecule has 0 radical (unpaired) electrons. The molecule has 3 rings (SSSR count). The summed E-state index contributed by atoms with van der Waals surface area (Å²) in [7, 11) is -0.200. The van der Waals surface area contributed by atoms with E-state index in [4.69, 9.17) is 0 Å². The molecule has 1 aliphatic rings. The Morgan fingerprint density at radius 1 is 1.14 bits per heavy atom. The fourth-order valence-electron chi connectivity index (χ4n) is 3.01. The number of sulfonamides is 1. The molecular weight excluding hydrogens is 509 g/mol. The molecule has 0 atom stereocenters. The average molecular weight is 535 g/mol. The van der Waals surface area contributed by atoms with E-state index in [0.29, 0.717) is 6.54 Å². The molecule has 1 fully saturated rings. The first kappa shape index (κ1) is 22.9. The molecular formula is C18H26IN5O2S2. The number of anilines is 1. The van der Waals surface area contributed by atoms with E-state index in [9.17, 15) is 8.42 Å². The molecule has 0 spiro atoms. The molecule has 2 N–H and O–H groups in total. The van der Waals surface area contributed by atoms with Crippen LogP contribution in [0.1, 0.15) is 5.56 Å². The fourth-order valence-corrected chi connectivity index (χ4v) is 4.52. The minimum atomic E-state index is -3.40. The summed E-state index contributed by atoms with van der Waals surface area (Å²) in [6, 6.07) is 11.1. The minimum absolute atomic E-state index is 0. The third kappa shape index (κ3) is 5.58. The maximum absolute atomic E-state index is 11.8. The number of thiophene rings is 1. The molecule has 2 heterocycles. The monoisotopic (exact) mass is 535 g/mol. The maximum atomic E-state index is 11.8. The number of hydrogen-bond acceptors (Lipinski definition) is 5. The number of hydrogen-bond donors (Lipinski definition) is 2. The normalized spacial score (nSPS) is 15.3. The molecule has 28 heavy (non-hydrogen) atoms. The first-order valence-electron chi connectivity index (χ1n) is 8.80. The van der Waals surface area contributed by atoms with E-state index >= 15 is 0 Å². The molecule has 0 bridgehead atoms. The summed E-state index contributed by atoms with van der Waals surface area (Å²) in [5.74, 6) is 0.868. The number of nitrogens with zero attached hydrogens (tertiary/aromatic N) is 3. The Bertz CT molecular complexity index is 862. The SMILES string of the molecule is CN=C(NCc1ccc(S(=O)(=O)NC)cc1)N1CCN(c2cccs2)CC1.I. The van der Waals surface area contributed by atoms with Crippen molar-refractivity contribution in [1.82, 2.24) is 14.9 Å².